The molecule has 0 amide bonds. The molecule has 0 bridgehead atoms. The molecule has 0 radical (unpaired) electrons. The zero-order chi connectivity index (χ0) is 11.2. The van der Waals surface area contributed by atoms with Crippen LogP contribution in [-0.2, 0) is 0 Å². The molecule has 80 valence electrons. The largest absolute Gasteiger partial charge is 0.232 e. The van der Waals surface area contributed by atoms with Crippen molar-refractivity contribution in [2.24, 2.45) is 0 Å². The first-order valence-corrected chi connectivity index (χ1v) is 5.68. The molecule has 0 saturated heterocycles. The molecule has 0 saturated carbocycles. The minimum atomic E-state index is 1.16. The van der Waals surface area contributed by atoms with E-state index in [9.17, 15) is 0 Å². The highest BCUT2D eigenvalue weighted by atomic mass is 15.2. The van der Waals surface area contributed by atoms with Gasteiger partial charge in [0.1, 0.15) is 0 Å². The molecule has 4 aromatic rings. The van der Waals surface area contributed by atoms with Gasteiger partial charge in [-0.25, -0.2) is 4.52 Å². The first-order chi connectivity index (χ1) is 8.45. The first-order valence-electron chi connectivity index (χ1n) is 5.68. The molecule has 0 atom stereocenters. The van der Waals surface area contributed by atoms with Gasteiger partial charge in [-0.1, -0.05) is 42.5 Å². The summed E-state index contributed by atoms with van der Waals surface area (Å²) in [5.41, 5.74) is 2.32. The summed E-state index contributed by atoms with van der Waals surface area (Å²) in [7, 11) is 0. The Morgan fingerprint density at radius 2 is 1.24 bits per heavy atom. The van der Waals surface area contributed by atoms with Gasteiger partial charge in [0.2, 0.25) is 0 Å². The zero-order valence-electron chi connectivity index (χ0n) is 9.17. The molecular formula is C15H10N2. The van der Waals surface area contributed by atoms with Crippen LogP contribution in [0.25, 0.3) is 27.2 Å². The Hall–Kier alpha value is -2.35. The van der Waals surface area contributed by atoms with Crippen LogP contribution in [0.1, 0.15) is 0 Å². The lowest BCUT2D eigenvalue weighted by Crippen LogP contribution is -1.91. The third-order valence-electron chi connectivity index (χ3n) is 3.27. The average Bonchev–Trinajstić information content (AvgIpc) is 2.89. The van der Waals surface area contributed by atoms with E-state index in [1.165, 1.54) is 21.7 Å². The fraction of sp³-hybridized carbons (Fsp3) is 0. The third kappa shape index (κ3) is 1.07. The minimum absolute atomic E-state index is 1.16. The van der Waals surface area contributed by atoms with Crippen LogP contribution in [0.4, 0.5) is 0 Å². The molecule has 0 N–H and O–H groups in total. The molecule has 0 aliphatic carbocycles. The van der Waals surface area contributed by atoms with Crippen LogP contribution >= 0.6 is 0 Å². The van der Waals surface area contributed by atoms with Gasteiger partial charge in [-0.05, 0) is 17.5 Å². The summed E-state index contributed by atoms with van der Waals surface area (Å²) in [6, 6.07) is 18.9. The highest BCUT2D eigenvalue weighted by Gasteiger charge is 2.07. The Morgan fingerprint density at radius 1 is 0.647 bits per heavy atom. The van der Waals surface area contributed by atoms with E-state index in [1.54, 1.807) is 0 Å². The molecule has 0 aliphatic heterocycles. The van der Waals surface area contributed by atoms with Gasteiger partial charge in [0.25, 0.3) is 0 Å². The quantitative estimate of drug-likeness (QED) is 0.412. The monoisotopic (exact) mass is 218 g/mol. The van der Waals surface area contributed by atoms with Crippen molar-refractivity contribution in [2.45, 2.75) is 0 Å². The van der Waals surface area contributed by atoms with E-state index in [2.05, 4.69) is 59.7 Å². The number of nitrogens with zero attached hydrogens (tertiary/aromatic N) is 2. The Morgan fingerprint density at radius 3 is 2.00 bits per heavy atom. The fourth-order valence-corrected chi connectivity index (χ4v) is 2.53. The number of para-hydroxylation sites is 1. The van der Waals surface area contributed by atoms with E-state index in [4.69, 9.17) is 0 Å². The summed E-state index contributed by atoms with van der Waals surface area (Å²) in [5, 5.41) is 8.20. The summed E-state index contributed by atoms with van der Waals surface area (Å²) in [5.74, 6) is 0. The van der Waals surface area contributed by atoms with E-state index in [-0.39, 0.29) is 0 Å². The van der Waals surface area contributed by atoms with Gasteiger partial charge >= 0.3 is 0 Å². The topological polar surface area (TPSA) is 17.3 Å². The average molecular weight is 218 g/mol. The van der Waals surface area contributed by atoms with E-state index >= 15 is 0 Å². The second-order valence-electron chi connectivity index (χ2n) is 4.19. The molecular weight excluding hydrogens is 208 g/mol. The van der Waals surface area contributed by atoms with E-state index in [0.29, 0.717) is 0 Å². The molecule has 2 aromatic carbocycles. The number of fused-ring (bicyclic) bond motifs is 6. The van der Waals surface area contributed by atoms with E-state index in [0.717, 1.165) is 5.52 Å². The van der Waals surface area contributed by atoms with Crippen molar-refractivity contribution in [3.05, 3.63) is 60.8 Å². The van der Waals surface area contributed by atoms with Crippen molar-refractivity contribution in [3.63, 3.8) is 0 Å². The van der Waals surface area contributed by atoms with Gasteiger partial charge in [0, 0.05) is 10.8 Å². The molecule has 4 rings (SSSR count). The lowest BCUT2D eigenvalue weighted by atomic mass is 10.1. The van der Waals surface area contributed by atoms with Crippen LogP contribution in [0.2, 0.25) is 0 Å². The van der Waals surface area contributed by atoms with Crippen molar-refractivity contribution in [2.75, 3.05) is 0 Å². The van der Waals surface area contributed by atoms with Gasteiger partial charge in [0.05, 0.1) is 17.2 Å². The lowest BCUT2D eigenvalue weighted by Gasteiger charge is -2.07. The van der Waals surface area contributed by atoms with Crippen LogP contribution in [0.3, 0.4) is 0 Å². The molecule has 2 nitrogen and oxygen atoms in total. The number of benzene rings is 2. The summed E-state index contributed by atoms with van der Waals surface area (Å²) in [6.07, 6.45) is 1.86. The Balaban J connectivity index is 2.48. The van der Waals surface area contributed by atoms with Crippen molar-refractivity contribution < 1.29 is 0 Å². The molecule has 0 aliphatic rings. The number of hydrogen-bond donors (Lipinski definition) is 0. The van der Waals surface area contributed by atoms with Crippen LogP contribution in [-0.4, -0.2) is 9.61 Å². The number of hydrogen-bond acceptors (Lipinski definition) is 1. The molecule has 17 heavy (non-hydrogen) atoms. The van der Waals surface area contributed by atoms with Gasteiger partial charge < -0.3 is 0 Å². The van der Waals surface area contributed by atoms with Crippen molar-refractivity contribution >= 4 is 27.2 Å². The maximum Gasteiger partial charge on any atom is 0.0747 e. The number of aromatic nitrogens is 2. The molecule has 0 fully saturated rings. The predicted molar refractivity (Wildman–Crippen MR) is 70.2 cm³/mol. The van der Waals surface area contributed by atoms with Crippen molar-refractivity contribution in [1.82, 2.24) is 9.61 Å². The second-order valence-corrected chi connectivity index (χ2v) is 4.19. The maximum absolute atomic E-state index is 4.41. The first kappa shape index (κ1) is 8.76. The third-order valence-corrected chi connectivity index (χ3v) is 3.27. The normalized spacial score (nSPS) is 11.5. The van der Waals surface area contributed by atoms with E-state index < -0.39 is 0 Å². The molecule has 0 unspecified atom stereocenters. The van der Waals surface area contributed by atoms with Crippen molar-refractivity contribution in [1.29, 1.82) is 0 Å². The second kappa shape index (κ2) is 3.08. The number of rotatable bonds is 0. The lowest BCUT2D eigenvalue weighted by molar-refractivity contribution is 1.01. The van der Waals surface area contributed by atoms with Crippen LogP contribution in [0.15, 0.2) is 60.8 Å². The van der Waals surface area contributed by atoms with Gasteiger partial charge in [-0.15, -0.1) is 0 Å². The van der Waals surface area contributed by atoms with Gasteiger partial charge in [-0.2, -0.15) is 5.10 Å². The van der Waals surface area contributed by atoms with Crippen LogP contribution in [0, 0.1) is 0 Å². The summed E-state index contributed by atoms with van der Waals surface area (Å²) in [6.45, 7) is 0. The van der Waals surface area contributed by atoms with Crippen molar-refractivity contribution in [3.8, 4) is 0 Å². The Bertz CT molecular complexity index is 773. The van der Waals surface area contributed by atoms with Crippen LogP contribution in [0.5, 0.6) is 0 Å². The number of pyridine rings is 1. The Kier molecular flexibility index (Phi) is 1.59. The molecule has 2 aromatic heterocycles. The molecule has 0 spiro atoms. The summed E-state index contributed by atoms with van der Waals surface area (Å²) in [4.78, 5) is 0. The predicted octanol–water partition coefficient (Wildman–Crippen LogP) is 3.64. The smallest absolute Gasteiger partial charge is 0.0747 e. The summed E-state index contributed by atoms with van der Waals surface area (Å²) >= 11 is 0. The van der Waals surface area contributed by atoms with Gasteiger partial charge in [0.15, 0.2) is 0 Å². The molecule has 2 heterocycles. The summed E-state index contributed by atoms with van der Waals surface area (Å²) < 4.78 is 2.01. The fourth-order valence-electron chi connectivity index (χ4n) is 2.53. The standard InChI is InChI=1S/C15H10N2/c1-2-6-13-11(5-1)12-7-3-4-8-14(12)17-15(13)9-10-16-17/h1-10H. The minimum Gasteiger partial charge on any atom is -0.232 e. The zero-order valence-corrected chi connectivity index (χ0v) is 9.17. The van der Waals surface area contributed by atoms with E-state index in [1.807, 2.05) is 10.7 Å². The highest BCUT2D eigenvalue weighted by molar-refractivity contribution is 6.12. The SMILES string of the molecule is c1ccc2c(c1)c1ccccc1n1nccc21. The highest BCUT2D eigenvalue weighted by Crippen LogP contribution is 2.28. The van der Waals surface area contributed by atoms with Crippen LogP contribution < -0.4 is 0 Å². The molecule has 2 heteroatoms. The van der Waals surface area contributed by atoms with Gasteiger partial charge in [-0.3, -0.25) is 0 Å². The maximum atomic E-state index is 4.41. The Labute approximate surface area is 98.1 Å².